The highest BCUT2D eigenvalue weighted by molar-refractivity contribution is 5.84. The number of nitrogens with zero attached hydrogens (tertiary/aromatic N) is 2. The molecule has 194 valence electrons. The van der Waals surface area contributed by atoms with Crippen molar-refractivity contribution in [3.8, 4) is 0 Å². The van der Waals surface area contributed by atoms with Crippen LogP contribution in [0, 0.1) is 5.82 Å². The fraction of sp³-hybridized carbons (Fsp3) is 0.345. The van der Waals surface area contributed by atoms with Crippen LogP contribution in [0.1, 0.15) is 43.2 Å². The minimum absolute atomic E-state index is 0.0183. The Balaban J connectivity index is 1.55. The first kappa shape index (κ1) is 26.1. The SMILES string of the molecule is C=CCN(CC(=O)N(Cc1ccc(F)cc1)Cc1coc2ccccc2c1=O)C(=O)NC1CCCCC1. The lowest BCUT2D eigenvalue weighted by atomic mass is 9.96. The first-order valence-corrected chi connectivity index (χ1v) is 12.6. The van der Waals surface area contributed by atoms with E-state index in [-0.39, 0.29) is 55.4 Å². The molecule has 0 unspecified atom stereocenters. The zero-order chi connectivity index (χ0) is 26.2. The number of urea groups is 1. The van der Waals surface area contributed by atoms with Gasteiger partial charge in [0.25, 0.3) is 0 Å². The third-order valence-electron chi connectivity index (χ3n) is 6.65. The minimum atomic E-state index is -0.381. The Kier molecular flexibility index (Phi) is 8.72. The number of benzene rings is 2. The van der Waals surface area contributed by atoms with Gasteiger partial charge >= 0.3 is 6.03 Å². The van der Waals surface area contributed by atoms with Crippen LogP contribution in [0.2, 0.25) is 0 Å². The normalized spacial score (nSPS) is 13.8. The van der Waals surface area contributed by atoms with Crippen LogP contribution in [-0.4, -0.2) is 40.9 Å². The van der Waals surface area contributed by atoms with Crippen LogP contribution in [0.5, 0.6) is 0 Å². The van der Waals surface area contributed by atoms with E-state index in [2.05, 4.69) is 11.9 Å². The number of amides is 3. The van der Waals surface area contributed by atoms with Crippen molar-refractivity contribution in [1.82, 2.24) is 15.1 Å². The number of hydrogen-bond donors (Lipinski definition) is 1. The van der Waals surface area contributed by atoms with Crippen LogP contribution in [0.25, 0.3) is 11.0 Å². The van der Waals surface area contributed by atoms with Crippen molar-refractivity contribution in [1.29, 1.82) is 0 Å². The Bertz CT molecular complexity index is 1300. The zero-order valence-electron chi connectivity index (χ0n) is 20.8. The van der Waals surface area contributed by atoms with Gasteiger partial charge in [0.15, 0.2) is 5.43 Å². The Labute approximate surface area is 215 Å². The van der Waals surface area contributed by atoms with Crippen molar-refractivity contribution in [3.63, 3.8) is 0 Å². The molecule has 7 nitrogen and oxygen atoms in total. The van der Waals surface area contributed by atoms with Crippen molar-refractivity contribution < 1.29 is 18.4 Å². The second-order valence-electron chi connectivity index (χ2n) is 9.42. The average molecular weight is 506 g/mol. The number of carbonyl (C=O) groups excluding carboxylic acids is 2. The van der Waals surface area contributed by atoms with Crippen LogP contribution in [0.3, 0.4) is 0 Å². The van der Waals surface area contributed by atoms with E-state index in [1.54, 1.807) is 42.5 Å². The molecule has 0 bridgehead atoms. The summed E-state index contributed by atoms with van der Waals surface area (Å²) in [5.41, 5.74) is 1.25. The van der Waals surface area contributed by atoms with Gasteiger partial charge in [-0.15, -0.1) is 6.58 Å². The highest BCUT2D eigenvalue weighted by atomic mass is 19.1. The van der Waals surface area contributed by atoms with Gasteiger partial charge in [-0.05, 0) is 42.7 Å². The molecule has 1 aliphatic rings. The quantitative estimate of drug-likeness (QED) is 0.416. The molecule has 3 aromatic rings. The van der Waals surface area contributed by atoms with E-state index < -0.39 is 0 Å². The number of hydrogen-bond acceptors (Lipinski definition) is 4. The van der Waals surface area contributed by atoms with Crippen LogP contribution < -0.4 is 10.7 Å². The molecule has 0 saturated heterocycles. The molecule has 1 fully saturated rings. The molecular weight excluding hydrogens is 473 g/mol. The van der Waals surface area contributed by atoms with Crippen LogP contribution in [0.4, 0.5) is 9.18 Å². The third-order valence-corrected chi connectivity index (χ3v) is 6.65. The summed E-state index contributed by atoms with van der Waals surface area (Å²) in [5.74, 6) is -0.731. The lowest BCUT2D eigenvalue weighted by molar-refractivity contribution is -0.133. The first-order valence-electron chi connectivity index (χ1n) is 12.6. The van der Waals surface area contributed by atoms with Gasteiger partial charge in [0, 0.05) is 19.1 Å². The summed E-state index contributed by atoms with van der Waals surface area (Å²) in [7, 11) is 0. The molecule has 1 aliphatic carbocycles. The Morgan fingerprint density at radius 1 is 1.03 bits per heavy atom. The molecule has 0 spiro atoms. The fourth-order valence-electron chi connectivity index (χ4n) is 4.63. The van der Waals surface area contributed by atoms with Crippen molar-refractivity contribution in [3.05, 3.63) is 94.6 Å². The predicted molar refractivity (Wildman–Crippen MR) is 140 cm³/mol. The van der Waals surface area contributed by atoms with Crippen LogP contribution in [0.15, 0.2) is 76.7 Å². The summed E-state index contributed by atoms with van der Waals surface area (Å²) in [6, 6.07) is 12.5. The van der Waals surface area contributed by atoms with Crippen molar-refractivity contribution >= 4 is 22.9 Å². The molecule has 0 radical (unpaired) electrons. The van der Waals surface area contributed by atoms with Crippen molar-refractivity contribution in [2.75, 3.05) is 13.1 Å². The molecule has 1 N–H and O–H groups in total. The number of para-hydroxylation sites is 1. The monoisotopic (exact) mass is 505 g/mol. The average Bonchev–Trinajstić information content (AvgIpc) is 2.91. The molecule has 1 aromatic heterocycles. The molecule has 1 saturated carbocycles. The third kappa shape index (κ3) is 6.84. The second-order valence-corrected chi connectivity index (χ2v) is 9.42. The highest BCUT2D eigenvalue weighted by Crippen LogP contribution is 2.18. The number of halogens is 1. The van der Waals surface area contributed by atoms with Gasteiger partial charge in [-0.25, -0.2) is 9.18 Å². The summed E-state index contributed by atoms with van der Waals surface area (Å²) in [6.45, 7) is 3.86. The minimum Gasteiger partial charge on any atom is -0.464 e. The van der Waals surface area contributed by atoms with E-state index in [0.717, 1.165) is 25.7 Å². The molecule has 3 amide bonds. The Morgan fingerprint density at radius 2 is 1.76 bits per heavy atom. The highest BCUT2D eigenvalue weighted by Gasteiger charge is 2.24. The predicted octanol–water partition coefficient (Wildman–Crippen LogP) is 4.99. The van der Waals surface area contributed by atoms with E-state index in [9.17, 15) is 18.8 Å². The van der Waals surface area contributed by atoms with Crippen LogP contribution in [-0.2, 0) is 17.9 Å². The van der Waals surface area contributed by atoms with E-state index >= 15 is 0 Å². The molecule has 8 heteroatoms. The number of fused-ring (bicyclic) bond motifs is 1. The summed E-state index contributed by atoms with van der Waals surface area (Å²) < 4.78 is 19.1. The van der Waals surface area contributed by atoms with Crippen LogP contribution >= 0.6 is 0 Å². The van der Waals surface area contributed by atoms with E-state index in [0.29, 0.717) is 22.1 Å². The van der Waals surface area contributed by atoms with Crippen molar-refractivity contribution in [2.24, 2.45) is 0 Å². The van der Waals surface area contributed by atoms with E-state index in [1.807, 2.05) is 0 Å². The second kappa shape index (κ2) is 12.3. The standard InChI is InChI=1S/C29H32FN3O4/c1-2-16-32(29(36)31-24-8-4-3-5-9-24)19-27(34)33(17-21-12-14-23(30)15-13-21)18-22-20-37-26-11-7-6-10-25(26)28(22)35/h2,6-7,10-15,20,24H,1,3-5,8-9,16-19H2,(H,31,36). The maximum absolute atomic E-state index is 13.5. The number of nitrogens with one attached hydrogen (secondary N) is 1. The number of rotatable bonds is 9. The zero-order valence-corrected chi connectivity index (χ0v) is 20.8. The first-order chi connectivity index (χ1) is 17.9. The van der Waals surface area contributed by atoms with Gasteiger partial charge in [0.1, 0.15) is 17.9 Å². The Hall–Kier alpha value is -3.94. The summed E-state index contributed by atoms with van der Waals surface area (Å²) in [6.07, 6.45) is 8.12. The maximum Gasteiger partial charge on any atom is 0.318 e. The van der Waals surface area contributed by atoms with Crippen molar-refractivity contribution in [2.45, 2.75) is 51.2 Å². The lowest BCUT2D eigenvalue weighted by Gasteiger charge is -2.30. The van der Waals surface area contributed by atoms with Gasteiger partial charge in [0.05, 0.1) is 23.8 Å². The van der Waals surface area contributed by atoms with Gasteiger partial charge in [-0.2, -0.15) is 0 Å². The van der Waals surface area contributed by atoms with Gasteiger partial charge in [-0.1, -0.05) is 49.6 Å². The molecule has 0 aliphatic heterocycles. The largest absolute Gasteiger partial charge is 0.464 e. The Morgan fingerprint density at radius 3 is 2.49 bits per heavy atom. The van der Waals surface area contributed by atoms with Gasteiger partial charge < -0.3 is 19.5 Å². The summed E-state index contributed by atoms with van der Waals surface area (Å²) in [4.78, 5) is 42.6. The summed E-state index contributed by atoms with van der Waals surface area (Å²) >= 11 is 0. The van der Waals surface area contributed by atoms with E-state index in [4.69, 9.17) is 4.42 Å². The molecule has 2 aromatic carbocycles. The van der Waals surface area contributed by atoms with Gasteiger partial charge in [-0.3, -0.25) is 9.59 Å². The lowest BCUT2D eigenvalue weighted by Crippen LogP contribution is -2.49. The molecule has 0 atom stereocenters. The van der Waals surface area contributed by atoms with E-state index in [1.165, 1.54) is 34.6 Å². The maximum atomic E-state index is 13.5. The molecular formula is C29H32FN3O4. The summed E-state index contributed by atoms with van der Waals surface area (Å²) in [5, 5.41) is 3.47. The fourth-order valence-corrected chi connectivity index (χ4v) is 4.63. The number of carbonyl (C=O) groups is 2. The smallest absolute Gasteiger partial charge is 0.318 e. The topological polar surface area (TPSA) is 82.9 Å². The molecule has 4 rings (SSSR count). The molecule has 1 heterocycles. The van der Waals surface area contributed by atoms with Gasteiger partial charge in [0.2, 0.25) is 5.91 Å². The molecule has 37 heavy (non-hydrogen) atoms.